The number of piperazine rings is 1. The molecular weight excluding hydrogens is 445 g/mol. The Morgan fingerprint density at radius 1 is 1.00 bits per heavy atom. The van der Waals surface area contributed by atoms with Gasteiger partial charge in [-0.05, 0) is 37.4 Å². The van der Waals surface area contributed by atoms with Crippen LogP contribution in [0.1, 0.15) is 0 Å². The summed E-state index contributed by atoms with van der Waals surface area (Å²) in [6.45, 7) is 3.32. The van der Waals surface area contributed by atoms with Crippen molar-refractivity contribution in [3.8, 4) is 0 Å². The summed E-state index contributed by atoms with van der Waals surface area (Å²) in [7, 11) is -0.417. The van der Waals surface area contributed by atoms with E-state index in [1.165, 1.54) is 25.2 Å². The summed E-state index contributed by atoms with van der Waals surface area (Å²) in [5.41, 5.74) is 0.681. The lowest BCUT2D eigenvalue weighted by Crippen LogP contribution is -2.45. The van der Waals surface area contributed by atoms with E-state index in [1.54, 1.807) is 0 Å². The van der Waals surface area contributed by atoms with E-state index in [4.69, 9.17) is 23.2 Å². The van der Waals surface area contributed by atoms with Crippen LogP contribution >= 0.6 is 23.2 Å². The summed E-state index contributed by atoms with van der Waals surface area (Å²) < 4.78 is 27.9. The van der Waals surface area contributed by atoms with Crippen LogP contribution in [0.3, 0.4) is 0 Å². The number of aromatic nitrogens is 2. The molecule has 0 aliphatic carbocycles. The zero-order valence-corrected chi connectivity index (χ0v) is 18.9. The van der Waals surface area contributed by atoms with Crippen LogP contribution in [0.15, 0.2) is 47.4 Å². The SMILES string of the molecule is CN1CCN(c2nc(N(C)S(=O)(=O)c3ccc(Cl)cc3Cl)c3ccccc3n2)CC1. The van der Waals surface area contributed by atoms with E-state index in [-0.39, 0.29) is 9.92 Å². The first kappa shape index (κ1) is 21.1. The van der Waals surface area contributed by atoms with Crippen molar-refractivity contribution in [1.29, 1.82) is 0 Å². The number of sulfonamides is 1. The molecule has 0 amide bonds. The van der Waals surface area contributed by atoms with Gasteiger partial charge in [0.25, 0.3) is 10.0 Å². The highest BCUT2D eigenvalue weighted by Gasteiger charge is 2.28. The first-order valence-electron chi connectivity index (χ1n) is 9.41. The smallest absolute Gasteiger partial charge is 0.266 e. The van der Waals surface area contributed by atoms with Crippen LogP contribution in [0.5, 0.6) is 0 Å². The zero-order valence-electron chi connectivity index (χ0n) is 16.6. The molecule has 0 N–H and O–H groups in total. The van der Waals surface area contributed by atoms with E-state index in [2.05, 4.69) is 26.8 Å². The number of rotatable bonds is 4. The minimum absolute atomic E-state index is 0.0279. The molecule has 1 aliphatic heterocycles. The van der Waals surface area contributed by atoms with Gasteiger partial charge in [0.05, 0.1) is 10.5 Å². The molecule has 0 spiro atoms. The Labute approximate surface area is 185 Å². The molecular formula is C20H21Cl2N5O2S. The molecule has 1 fully saturated rings. The highest BCUT2D eigenvalue weighted by atomic mass is 35.5. The lowest BCUT2D eigenvalue weighted by molar-refractivity contribution is 0.311. The van der Waals surface area contributed by atoms with Crippen molar-refractivity contribution in [2.24, 2.45) is 0 Å². The molecule has 1 aliphatic rings. The van der Waals surface area contributed by atoms with Crippen molar-refractivity contribution >= 4 is 55.9 Å². The van der Waals surface area contributed by atoms with Crippen LogP contribution < -0.4 is 9.21 Å². The Kier molecular flexibility index (Phi) is 5.76. The number of halogens is 2. The van der Waals surface area contributed by atoms with Gasteiger partial charge in [0, 0.05) is 43.6 Å². The van der Waals surface area contributed by atoms with Gasteiger partial charge in [0.1, 0.15) is 4.90 Å². The monoisotopic (exact) mass is 465 g/mol. The van der Waals surface area contributed by atoms with E-state index in [0.717, 1.165) is 30.5 Å². The van der Waals surface area contributed by atoms with Gasteiger partial charge in [-0.25, -0.2) is 13.4 Å². The second-order valence-electron chi connectivity index (χ2n) is 7.20. The Morgan fingerprint density at radius 3 is 2.40 bits per heavy atom. The molecule has 30 heavy (non-hydrogen) atoms. The van der Waals surface area contributed by atoms with E-state index < -0.39 is 10.0 Å². The van der Waals surface area contributed by atoms with Gasteiger partial charge in [-0.15, -0.1) is 0 Å². The molecule has 1 saturated heterocycles. The molecule has 0 atom stereocenters. The van der Waals surface area contributed by atoms with Crippen LogP contribution in [0.4, 0.5) is 11.8 Å². The molecule has 0 unspecified atom stereocenters. The number of hydrogen-bond donors (Lipinski definition) is 0. The first-order chi connectivity index (χ1) is 14.3. The summed E-state index contributed by atoms with van der Waals surface area (Å²) in [6.07, 6.45) is 0. The molecule has 7 nitrogen and oxygen atoms in total. The highest BCUT2D eigenvalue weighted by molar-refractivity contribution is 7.93. The molecule has 2 aromatic carbocycles. The summed E-state index contributed by atoms with van der Waals surface area (Å²) in [4.78, 5) is 13.6. The number of benzene rings is 2. The molecule has 2 heterocycles. The maximum absolute atomic E-state index is 13.4. The number of nitrogens with zero attached hydrogens (tertiary/aromatic N) is 5. The van der Waals surface area contributed by atoms with Gasteiger partial charge in [-0.2, -0.15) is 4.98 Å². The van der Waals surface area contributed by atoms with Gasteiger partial charge in [-0.1, -0.05) is 35.3 Å². The van der Waals surface area contributed by atoms with E-state index in [1.807, 2.05) is 24.3 Å². The van der Waals surface area contributed by atoms with Gasteiger partial charge >= 0.3 is 0 Å². The Morgan fingerprint density at radius 2 is 1.70 bits per heavy atom. The fourth-order valence-corrected chi connectivity index (χ4v) is 5.29. The van der Waals surface area contributed by atoms with Crippen LogP contribution in [0, 0.1) is 0 Å². The highest BCUT2D eigenvalue weighted by Crippen LogP contribution is 2.33. The maximum Gasteiger partial charge on any atom is 0.266 e. The molecule has 0 bridgehead atoms. The minimum atomic E-state index is -3.96. The van der Waals surface area contributed by atoms with Gasteiger partial charge in [0.2, 0.25) is 5.95 Å². The van der Waals surface area contributed by atoms with Crippen LogP contribution in [-0.2, 0) is 10.0 Å². The third-order valence-corrected chi connectivity index (χ3v) is 7.65. The normalized spacial score (nSPS) is 15.5. The molecule has 3 aromatic rings. The fraction of sp³-hybridized carbons (Fsp3) is 0.300. The average Bonchev–Trinajstić information content (AvgIpc) is 2.72. The summed E-state index contributed by atoms with van der Waals surface area (Å²) in [6, 6.07) is 11.7. The zero-order chi connectivity index (χ0) is 21.5. The maximum atomic E-state index is 13.4. The number of likely N-dealkylation sites (N-methyl/N-ethyl adjacent to an activating group) is 1. The van der Waals surface area contributed by atoms with Crippen LogP contribution in [0.25, 0.3) is 10.9 Å². The van der Waals surface area contributed by atoms with Gasteiger partial charge in [0.15, 0.2) is 5.82 Å². The number of hydrogen-bond acceptors (Lipinski definition) is 6. The van der Waals surface area contributed by atoms with Crippen molar-refractivity contribution in [3.63, 3.8) is 0 Å². The van der Waals surface area contributed by atoms with Gasteiger partial charge in [-0.3, -0.25) is 4.31 Å². The summed E-state index contributed by atoms with van der Waals surface area (Å²) >= 11 is 12.1. The van der Waals surface area contributed by atoms with Crippen molar-refractivity contribution < 1.29 is 8.42 Å². The Hall–Kier alpha value is -2.13. The van der Waals surface area contributed by atoms with Crippen molar-refractivity contribution in [1.82, 2.24) is 14.9 Å². The van der Waals surface area contributed by atoms with E-state index >= 15 is 0 Å². The van der Waals surface area contributed by atoms with Crippen molar-refractivity contribution in [2.75, 3.05) is 49.5 Å². The molecule has 158 valence electrons. The number of para-hydroxylation sites is 1. The minimum Gasteiger partial charge on any atom is -0.338 e. The second-order valence-corrected chi connectivity index (χ2v) is 9.98. The van der Waals surface area contributed by atoms with Crippen LogP contribution in [-0.4, -0.2) is 63.6 Å². The predicted octanol–water partition coefficient (Wildman–Crippen LogP) is 3.51. The first-order valence-corrected chi connectivity index (χ1v) is 11.6. The molecule has 0 radical (unpaired) electrons. The fourth-order valence-electron chi connectivity index (χ4n) is 3.38. The van der Waals surface area contributed by atoms with Crippen LogP contribution in [0.2, 0.25) is 10.0 Å². The topological polar surface area (TPSA) is 69.6 Å². The van der Waals surface area contributed by atoms with Crippen molar-refractivity contribution in [3.05, 3.63) is 52.5 Å². The third kappa shape index (κ3) is 3.92. The summed E-state index contributed by atoms with van der Waals surface area (Å²) in [5.74, 6) is 0.821. The Balaban J connectivity index is 1.82. The standard InChI is InChI=1S/C20H21Cl2N5O2S/c1-25-9-11-27(12-10-25)20-23-17-6-4-3-5-15(17)19(24-20)26(2)30(28,29)18-8-7-14(21)13-16(18)22/h3-8,13H,9-12H2,1-2H3. The van der Waals surface area contributed by atoms with Crippen molar-refractivity contribution in [2.45, 2.75) is 4.90 Å². The lowest BCUT2D eigenvalue weighted by atomic mass is 10.2. The Bertz CT molecular complexity index is 1200. The number of anilines is 2. The summed E-state index contributed by atoms with van der Waals surface area (Å²) in [5, 5.41) is 1.07. The lowest BCUT2D eigenvalue weighted by Gasteiger charge is -2.33. The molecule has 4 rings (SSSR count). The third-order valence-electron chi connectivity index (χ3n) is 5.19. The largest absolute Gasteiger partial charge is 0.338 e. The van der Waals surface area contributed by atoms with E-state index in [9.17, 15) is 8.42 Å². The molecule has 0 saturated carbocycles. The van der Waals surface area contributed by atoms with Gasteiger partial charge < -0.3 is 9.80 Å². The second kappa shape index (κ2) is 8.19. The average molecular weight is 466 g/mol. The molecule has 1 aromatic heterocycles. The number of fused-ring (bicyclic) bond motifs is 1. The predicted molar refractivity (Wildman–Crippen MR) is 121 cm³/mol. The quantitative estimate of drug-likeness (QED) is 0.586. The van der Waals surface area contributed by atoms with E-state index in [0.29, 0.717) is 27.7 Å². The molecule has 10 heteroatoms.